The lowest BCUT2D eigenvalue weighted by atomic mass is 9.90. The summed E-state index contributed by atoms with van der Waals surface area (Å²) in [5.41, 5.74) is 1.43. The molecule has 0 saturated carbocycles. The summed E-state index contributed by atoms with van der Waals surface area (Å²) in [4.78, 5) is 0. The van der Waals surface area contributed by atoms with Gasteiger partial charge in [0, 0.05) is 26.3 Å². The molecule has 2 unspecified atom stereocenters. The second-order valence-corrected chi connectivity index (χ2v) is 11.0. The summed E-state index contributed by atoms with van der Waals surface area (Å²) in [5, 5.41) is 0.554. The van der Waals surface area contributed by atoms with E-state index in [1.54, 1.807) is 0 Å². The molecule has 1 aliphatic rings. The molecule has 0 aromatic heterocycles. The minimum absolute atomic E-state index is 0.256. The summed E-state index contributed by atoms with van der Waals surface area (Å²) in [6.45, 7) is 8.97. The molecule has 1 aliphatic heterocycles. The first kappa shape index (κ1) is 15.6. The maximum absolute atomic E-state index is 12.6. The van der Waals surface area contributed by atoms with E-state index in [0.717, 1.165) is 16.6 Å². The summed E-state index contributed by atoms with van der Waals surface area (Å²) in [7, 11) is -0.809. The van der Waals surface area contributed by atoms with E-state index in [-0.39, 0.29) is 9.49 Å². The summed E-state index contributed by atoms with van der Waals surface area (Å²) < 4.78 is 13.3. The van der Waals surface area contributed by atoms with Crippen LogP contribution in [0.3, 0.4) is 0 Å². The Kier molecular flexibility index (Phi) is 4.54. The average molecular weight is 361 g/mol. The van der Waals surface area contributed by atoms with Crippen LogP contribution in [-0.2, 0) is 14.9 Å². The van der Waals surface area contributed by atoms with E-state index in [2.05, 4.69) is 55.8 Å². The largest absolute Gasteiger partial charge is 0.258 e. The Labute approximate surface area is 131 Å². The molecule has 106 valence electrons. The van der Waals surface area contributed by atoms with Gasteiger partial charge in [0.2, 0.25) is 0 Å². The van der Waals surface area contributed by atoms with Crippen LogP contribution in [-0.4, -0.2) is 15.2 Å². The molecule has 0 spiro atoms. The maximum atomic E-state index is 12.6. The van der Waals surface area contributed by atoms with Crippen LogP contribution in [0.25, 0.3) is 0 Å². The van der Waals surface area contributed by atoms with Crippen LogP contribution >= 0.6 is 27.7 Å². The molecule has 0 bridgehead atoms. The maximum Gasteiger partial charge on any atom is 0.113 e. The lowest BCUT2D eigenvalue weighted by molar-refractivity contribution is 0.384. The third-order valence-corrected chi connectivity index (χ3v) is 8.70. The van der Waals surface area contributed by atoms with Crippen molar-refractivity contribution in [1.82, 2.24) is 0 Å². The monoisotopic (exact) mass is 360 g/mol. The van der Waals surface area contributed by atoms with Crippen molar-refractivity contribution in [3.05, 3.63) is 34.3 Å². The third-order valence-electron chi connectivity index (χ3n) is 3.70. The molecule has 0 radical (unpaired) electrons. The van der Waals surface area contributed by atoms with Crippen molar-refractivity contribution in [2.75, 3.05) is 5.75 Å². The zero-order valence-electron chi connectivity index (χ0n) is 11.9. The smallest absolute Gasteiger partial charge is 0.113 e. The molecular formula is C15H21BrOS2. The van der Waals surface area contributed by atoms with Gasteiger partial charge in [-0.1, -0.05) is 48.8 Å². The van der Waals surface area contributed by atoms with Crippen LogP contribution < -0.4 is 0 Å². The summed E-state index contributed by atoms with van der Waals surface area (Å²) in [6.07, 6.45) is 1.05. The SMILES string of the molecule is CC(C)(C)C1CCS(=O)[C@](C)(c2ccc(Br)cc2)S1. The van der Waals surface area contributed by atoms with E-state index < -0.39 is 10.8 Å². The zero-order chi connectivity index (χ0) is 14.3. The van der Waals surface area contributed by atoms with Crippen LogP contribution in [0.15, 0.2) is 28.7 Å². The number of hydrogen-bond acceptors (Lipinski definition) is 2. The van der Waals surface area contributed by atoms with Gasteiger partial charge in [-0.3, -0.25) is 4.21 Å². The number of halogens is 1. The van der Waals surface area contributed by atoms with Gasteiger partial charge in [-0.15, -0.1) is 11.8 Å². The summed E-state index contributed by atoms with van der Waals surface area (Å²) in [5.74, 6) is 0.807. The first-order valence-electron chi connectivity index (χ1n) is 6.56. The standard InChI is InChI=1S/C15H21BrOS2/c1-14(2,3)13-9-10-19(17)15(4,18-13)11-5-7-12(16)8-6-11/h5-8,13H,9-10H2,1-4H3/t13?,15-,19?/m1/s1. The van der Waals surface area contributed by atoms with Gasteiger partial charge in [-0.25, -0.2) is 0 Å². The fourth-order valence-electron chi connectivity index (χ4n) is 2.35. The molecule has 1 heterocycles. The van der Waals surface area contributed by atoms with Gasteiger partial charge >= 0.3 is 0 Å². The average Bonchev–Trinajstić information content (AvgIpc) is 2.32. The molecule has 3 atom stereocenters. The summed E-state index contributed by atoms with van der Waals surface area (Å²) in [6, 6.07) is 8.28. The number of benzene rings is 1. The van der Waals surface area contributed by atoms with Gasteiger partial charge in [0.1, 0.15) is 4.08 Å². The van der Waals surface area contributed by atoms with E-state index >= 15 is 0 Å². The topological polar surface area (TPSA) is 17.1 Å². The van der Waals surface area contributed by atoms with Crippen molar-refractivity contribution in [3.63, 3.8) is 0 Å². The second-order valence-electron chi connectivity index (χ2n) is 6.26. The minimum atomic E-state index is -0.809. The van der Waals surface area contributed by atoms with Gasteiger partial charge in [0.05, 0.1) is 0 Å². The molecule has 0 amide bonds. The number of hydrogen-bond donors (Lipinski definition) is 0. The molecule has 1 nitrogen and oxygen atoms in total. The van der Waals surface area contributed by atoms with Gasteiger partial charge in [0.15, 0.2) is 0 Å². The van der Waals surface area contributed by atoms with E-state index in [1.807, 2.05) is 23.9 Å². The Morgan fingerprint density at radius 1 is 1.32 bits per heavy atom. The fourth-order valence-corrected chi connectivity index (χ4v) is 6.44. The van der Waals surface area contributed by atoms with Crippen molar-refractivity contribution in [3.8, 4) is 0 Å². The van der Waals surface area contributed by atoms with Gasteiger partial charge in [-0.2, -0.15) is 0 Å². The summed E-state index contributed by atoms with van der Waals surface area (Å²) >= 11 is 5.36. The van der Waals surface area contributed by atoms with Gasteiger partial charge in [-0.05, 0) is 36.5 Å². The molecule has 1 saturated heterocycles. The predicted molar refractivity (Wildman–Crippen MR) is 90.0 cm³/mol. The first-order chi connectivity index (χ1) is 8.73. The van der Waals surface area contributed by atoms with Crippen molar-refractivity contribution >= 4 is 38.5 Å². The Morgan fingerprint density at radius 3 is 2.42 bits per heavy atom. The zero-order valence-corrected chi connectivity index (χ0v) is 15.1. The Morgan fingerprint density at radius 2 is 1.89 bits per heavy atom. The fraction of sp³-hybridized carbons (Fsp3) is 0.600. The molecule has 1 fully saturated rings. The highest BCUT2D eigenvalue weighted by atomic mass is 79.9. The second kappa shape index (κ2) is 5.53. The number of rotatable bonds is 1. The van der Waals surface area contributed by atoms with E-state index in [9.17, 15) is 4.21 Å². The van der Waals surface area contributed by atoms with Crippen LogP contribution in [0, 0.1) is 5.41 Å². The third kappa shape index (κ3) is 3.27. The Balaban J connectivity index is 2.34. The molecule has 1 aromatic carbocycles. The van der Waals surface area contributed by atoms with Gasteiger partial charge in [0.25, 0.3) is 0 Å². The highest BCUT2D eigenvalue weighted by molar-refractivity contribution is 9.10. The van der Waals surface area contributed by atoms with Crippen molar-refractivity contribution in [2.45, 2.75) is 43.4 Å². The van der Waals surface area contributed by atoms with E-state index in [1.165, 1.54) is 5.56 Å². The van der Waals surface area contributed by atoms with Crippen molar-refractivity contribution < 1.29 is 4.21 Å². The highest BCUT2D eigenvalue weighted by Crippen LogP contribution is 2.51. The molecule has 2 rings (SSSR count). The van der Waals surface area contributed by atoms with Crippen LogP contribution in [0.4, 0.5) is 0 Å². The molecular weight excluding hydrogens is 340 g/mol. The van der Waals surface area contributed by atoms with E-state index in [4.69, 9.17) is 0 Å². The predicted octanol–water partition coefficient (Wildman–Crippen LogP) is 4.92. The number of thioether (sulfide) groups is 1. The van der Waals surface area contributed by atoms with Crippen molar-refractivity contribution in [1.29, 1.82) is 0 Å². The Hall–Kier alpha value is 0.200. The first-order valence-corrected chi connectivity index (χ1v) is 9.55. The van der Waals surface area contributed by atoms with Crippen molar-refractivity contribution in [2.24, 2.45) is 5.41 Å². The Bertz CT molecular complexity index is 478. The minimum Gasteiger partial charge on any atom is -0.258 e. The quantitative estimate of drug-likeness (QED) is 0.706. The lowest BCUT2D eigenvalue weighted by Crippen LogP contribution is -2.39. The molecule has 1 aromatic rings. The lowest BCUT2D eigenvalue weighted by Gasteiger charge is -2.42. The molecule has 0 N–H and O–H groups in total. The van der Waals surface area contributed by atoms with Crippen LogP contribution in [0.5, 0.6) is 0 Å². The molecule has 0 aliphatic carbocycles. The van der Waals surface area contributed by atoms with Crippen LogP contribution in [0.2, 0.25) is 0 Å². The molecule has 4 heteroatoms. The van der Waals surface area contributed by atoms with E-state index in [0.29, 0.717) is 5.25 Å². The molecule has 19 heavy (non-hydrogen) atoms. The highest BCUT2D eigenvalue weighted by Gasteiger charge is 2.43. The van der Waals surface area contributed by atoms with Crippen LogP contribution in [0.1, 0.15) is 39.7 Å². The van der Waals surface area contributed by atoms with Gasteiger partial charge < -0.3 is 0 Å². The normalized spacial score (nSPS) is 32.3.